The molecular formula is C19H20O8. The highest BCUT2D eigenvalue weighted by molar-refractivity contribution is 5.90. The standard InChI is InChI=1S/C19H20O8/c1-9(17(20)21)25-11-7-14(26-10(2)18(22)23)16-12-5-3-4-6-13(12)19(24)27-15(16)8-11/h7-10H,3-6H2,1-2H3,(H,20,21)(H,22,23)/t9-,10-/m1/s1. The van der Waals surface area contributed by atoms with Gasteiger partial charge in [0.2, 0.25) is 0 Å². The third kappa shape index (κ3) is 3.74. The summed E-state index contributed by atoms with van der Waals surface area (Å²) in [5.41, 5.74) is 1.10. The Morgan fingerprint density at radius 1 is 1.00 bits per heavy atom. The highest BCUT2D eigenvalue weighted by atomic mass is 16.5. The Balaban J connectivity index is 2.20. The molecule has 0 unspecified atom stereocenters. The van der Waals surface area contributed by atoms with E-state index in [2.05, 4.69) is 0 Å². The van der Waals surface area contributed by atoms with Crippen molar-refractivity contribution in [1.29, 1.82) is 0 Å². The summed E-state index contributed by atoms with van der Waals surface area (Å²) in [6, 6.07) is 2.87. The van der Waals surface area contributed by atoms with Gasteiger partial charge < -0.3 is 24.1 Å². The van der Waals surface area contributed by atoms with Gasteiger partial charge in [0.25, 0.3) is 0 Å². The molecule has 8 nitrogen and oxygen atoms in total. The summed E-state index contributed by atoms with van der Waals surface area (Å²) in [7, 11) is 0. The molecule has 0 fully saturated rings. The lowest BCUT2D eigenvalue weighted by atomic mass is 9.90. The number of carbonyl (C=O) groups is 2. The summed E-state index contributed by atoms with van der Waals surface area (Å²) in [5.74, 6) is -2.01. The fourth-order valence-corrected chi connectivity index (χ4v) is 3.17. The maximum Gasteiger partial charge on any atom is 0.344 e. The summed E-state index contributed by atoms with van der Waals surface area (Å²) in [5, 5.41) is 18.8. The van der Waals surface area contributed by atoms with Gasteiger partial charge in [0, 0.05) is 17.7 Å². The number of rotatable bonds is 6. The number of ether oxygens (including phenoxy) is 2. The molecule has 2 N–H and O–H groups in total. The van der Waals surface area contributed by atoms with Crippen molar-refractivity contribution < 1.29 is 33.7 Å². The van der Waals surface area contributed by atoms with Crippen molar-refractivity contribution in [2.75, 3.05) is 0 Å². The summed E-state index contributed by atoms with van der Waals surface area (Å²) < 4.78 is 16.4. The zero-order chi connectivity index (χ0) is 19.7. The second-order valence-electron chi connectivity index (χ2n) is 6.54. The Kier molecular flexibility index (Phi) is 5.07. The molecule has 0 aliphatic heterocycles. The number of aryl methyl sites for hydroxylation is 1. The topological polar surface area (TPSA) is 123 Å². The van der Waals surface area contributed by atoms with Crippen molar-refractivity contribution in [3.05, 3.63) is 33.7 Å². The van der Waals surface area contributed by atoms with Gasteiger partial charge in [-0.05, 0) is 45.1 Å². The van der Waals surface area contributed by atoms with Gasteiger partial charge in [0.15, 0.2) is 12.2 Å². The monoisotopic (exact) mass is 376 g/mol. The van der Waals surface area contributed by atoms with Crippen molar-refractivity contribution in [2.24, 2.45) is 0 Å². The molecule has 27 heavy (non-hydrogen) atoms. The van der Waals surface area contributed by atoms with Gasteiger partial charge in [-0.1, -0.05) is 0 Å². The second kappa shape index (κ2) is 7.30. The average Bonchev–Trinajstić information content (AvgIpc) is 2.61. The minimum absolute atomic E-state index is 0.115. The van der Waals surface area contributed by atoms with E-state index >= 15 is 0 Å². The zero-order valence-corrected chi connectivity index (χ0v) is 15.0. The fourth-order valence-electron chi connectivity index (χ4n) is 3.17. The number of benzene rings is 1. The number of hydrogen-bond acceptors (Lipinski definition) is 6. The van der Waals surface area contributed by atoms with Gasteiger partial charge in [-0.15, -0.1) is 0 Å². The van der Waals surface area contributed by atoms with Gasteiger partial charge in [-0.3, -0.25) is 0 Å². The molecule has 0 spiro atoms. The predicted octanol–water partition coefficient (Wildman–Crippen LogP) is 2.38. The molecule has 2 aromatic rings. The molecule has 1 aliphatic rings. The summed E-state index contributed by atoms with van der Waals surface area (Å²) in [6.07, 6.45) is 0.732. The lowest BCUT2D eigenvalue weighted by Gasteiger charge is -2.20. The smallest absolute Gasteiger partial charge is 0.344 e. The zero-order valence-electron chi connectivity index (χ0n) is 15.0. The quantitative estimate of drug-likeness (QED) is 0.737. The van der Waals surface area contributed by atoms with E-state index in [4.69, 9.17) is 19.0 Å². The minimum atomic E-state index is -1.16. The first kappa shape index (κ1) is 18.8. The predicted molar refractivity (Wildman–Crippen MR) is 94.6 cm³/mol. The van der Waals surface area contributed by atoms with Crippen molar-refractivity contribution in [3.63, 3.8) is 0 Å². The third-order valence-corrected chi connectivity index (χ3v) is 4.57. The molecule has 0 saturated heterocycles. The molecule has 1 aliphatic carbocycles. The SMILES string of the molecule is C[C@@H](Oc1cc(O[C@H](C)C(=O)O)c2c3c(c(=O)oc2c1)CCCC3)C(=O)O. The molecular weight excluding hydrogens is 356 g/mol. The van der Waals surface area contributed by atoms with E-state index in [0.29, 0.717) is 23.8 Å². The van der Waals surface area contributed by atoms with Crippen LogP contribution in [0.2, 0.25) is 0 Å². The van der Waals surface area contributed by atoms with Crippen molar-refractivity contribution in [2.45, 2.75) is 51.7 Å². The van der Waals surface area contributed by atoms with E-state index in [1.54, 1.807) is 0 Å². The summed E-state index contributed by atoms with van der Waals surface area (Å²) >= 11 is 0. The molecule has 2 atom stereocenters. The Morgan fingerprint density at radius 2 is 1.59 bits per heavy atom. The molecule has 0 radical (unpaired) electrons. The van der Waals surface area contributed by atoms with Crippen LogP contribution >= 0.6 is 0 Å². The second-order valence-corrected chi connectivity index (χ2v) is 6.54. The van der Waals surface area contributed by atoms with Crippen LogP contribution in [0.1, 0.15) is 37.8 Å². The van der Waals surface area contributed by atoms with Crippen LogP contribution in [0.5, 0.6) is 11.5 Å². The molecule has 0 bridgehead atoms. The maximum atomic E-state index is 12.3. The van der Waals surface area contributed by atoms with Crippen LogP contribution < -0.4 is 15.1 Å². The summed E-state index contributed by atoms with van der Waals surface area (Å²) in [6.45, 7) is 2.74. The first-order valence-corrected chi connectivity index (χ1v) is 8.69. The number of aliphatic carboxylic acids is 2. The Morgan fingerprint density at radius 3 is 2.22 bits per heavy atom. The largest absolute Gasteiger partial charge is 0.479 e. The van der Waals surface area contributed by atoms with Gasteiger partial charge in [-0.25, -0.2) is 14.4 Å². The highest BCUT2D eigenvalue weighted by Gasteiger charge is 2.24. The van der Waals surface area contributed by atoms with Crippen molar-refractivity contribution in [1.82, 2.24) is 0 Å². The van der Waals surface area contributed by atoms with Crippen molar-refractivity contribution >= 4 is 22.9 Å². The van der Waals surface area contributed by atoms with E-state index < -0.39 is 29.8 Å². The number of carboxylic acids is 2. The molecule has 1 aromatic carbocycles. The Bertz CT molecular complexity index is 958. The molecule has 0 saturated carbocycles. The Hall–Kier alpha value is -3.03. The van der Waals surface area contributed by atoms with Crippen LogP contribution in [-0.2, 0) is 22.4 Å². The van der Waals surface area contributed by atoms with Gasteiger partial charge in [0.05, 0.1) is 5.39 Å². The van der Waals surface area contributed by atoms with Gasteiger partial charge in [0.1, 0.15) is 17.1 Å². The van der Waals surface area contributed by atoms with Crippen LogP contribution in [0.15, 0.2) is 21.3 Å². The molecule has 8 heteroatoms. The highest BCUT2D eigenvalue weighted by Crippen LogP contribution is 2.37. The number of fused-ring (bicyclic) bond motifs is 3. The average molecular weight is 376 g/mol. The normalized spacial score (nSPS) is 15.6. The first-order chi connectivity index (χ1) is 12.8. The molecule has 0 amide bonds. The summed E-state index contributed by atoms with van der Waals surface area (Å²) in [4.78, 5) is 34.6. The Labute approximate surface area is 154 Å². The lowest BCUT2D eigenvalue weighted by molar-refractivity contribution is -0.144. The molecule has 1 aromatic heterocycles. The van der Waals surface area contributed by atoms with Gasteiger partial charge >= 0.3 is 17.6 Å². The van der Waals surface area contributed by atoms with E-state index in [9.17, 15) is 19.5 Å². The third-order valence-electron chi connectivity index (χ3n) is 4.57. The number of hydrogen-bond donors (Lipinski definition) is 2. The molecule has 144 valence electrons. The minimum Gasteiger partial charge on any atom is -0.479 e. The lowest BCUT2D eigenvalue weighted by Crippen LogP contribution is -2.24. The van der Waals surface area contributed by atoms with E-state index in [0.717, 1.165) is 18.4 Å². The van der Waals surface area contributed by atoms with E-state index in [1.807, 2.05) is 0 Å². The fraction of sp³-hybridized carbons (Fsp3) is 0.421. The maximum absolute atomic E-state index is 12.3. The number of carboxylic acid groups (broad SMARTS) is 2. The van der Waals surface area contributed by atoms with Crippen LogP contribution in [0.3, 0.4) is 0 Å². The first-order valence-electron chi connectivity index (χ1n) is 8.69. The van der Waals surface area contributed by atoms with Crippen LogP contribution in [0, 0.1) is 0 Å². The van der Waals surface area contributed by atoms with Crippen molar-refractivity contribution in [3.8, 4) is 11.5 Å². The van der Waals surface area contributed by atoms with E-state index in [-0.39, 0.29) is 17.1 Å². The molecule has 1 heterocycles. The molecule has 3 rings (SSSR count). The van der Waals surface area contributed by atoms with Crippen LogP contribution in [0.4, 0.5) is 0 Å². The van der Waals surface area contributed by atoms with Crippen LogP contribution in [-0.4, -0.2) is 34.4 Å². The van der Waals surface area contributed by atoms with E-state index in [1.165, 1.54) is 26.0 Å². The van der Waals surface area contributed by atoms with Crippen LogP contribution in [0.25, 0.3) is 11.0 Å². The van der Waals surface area contributed by atoms with Gasteiger partial charge in [-0.2, -0.15) is 0 Å².